The molecule has 0 aliphatic carbocycles. The quantitative estimate of drug-likeness (QED) is 0.146. The van der Waals surface area contributed by atoms with E-state index < -0.39 is 0 Å². The Morgan fingerprint density at radius 1 is 0.955 bits per heavy atom. The molecule has 0 aliphatic heterocycles. The predicted molar refractivity (Wildman–Crippen MR) is 106 cm³/mol. The molecule has 0 aliphatic rings. The van der Waals surface area contributed by atoms with Crippen LogP contribution in [0, 0.1) is 0 Å². The van der Waals surface area contributed by atoms with Gasteiger partial charge >= 0.3 is 11.9 Å². The van der Waals surface area contributed by atoms with Crippen LogP contribution in [0.15, 0.2) is 0 Å². The van der Waals surface area contributed by atoms with Crippen molar-refractivity contribution in [1.82, 2.24) is 0 Å². The van der Waals surface area contributed by atoms with Gasteiger partial charge in [-0.1, -0.05) is 71.9 Å². The second-order valence-electron chi connectivity index (χ2n) is 5.39. The Labute approximate surface area is 161 Å². The molecular weight excluding hydrogens is 510 g/mol. The lowest BCUT2D eigenvalue weighted by molar-refractivity contribution is -0.144. The molecule has 22 heavy (non-hydrogen) atoms. The van der Waals surface area contributed by atoms with E-state index in [2.05, 4.69) is 59.0 Å². The number of halogens is 2. The Balaban J connectivity index is 3.38. The molecule has 0 bridgehead atoms. The van der Waals surface area contributed by atoms with Gasteiger partial charge in [-0.15, -0.1) is 0 Å². The first-order valence-electron chi connectivity index (χ1n) is 8.05. The lowest BCUT2D eigenvalue weighted by atomic mass is 10.1. The van der Waals surface area contributed by atoms with E-state index in [1.807, 2.05) is 0 Å². The van der Waals surface area contributed by atoms with Crippen molar-refractivity contribution in [3.63, 3.8) is 0 Å². The molecule has 0 saturated carbocycles. The largest absolute Gasteiger partial charge is 0.466 e. The molecule has 130 valence electrons. The highest BCUT2D eigenvalue weighted by Gasteiger charge is 2.07. The van der Waals surface area contributed by atoms with Crippen LogP contribution in [-0.2, 0) is 19.1 Å². The topological polar surface area (TPSA) is 52.6 Å². The maximum absolute atomic E-state index is 11.5. The summed E-state index contributed by atoms with van der Waals surface area (Å²) in [5.41, 5.74) is 0. The van der Waals surface area contributed by atoms with Crippen LogP contribution in [0.5, 0.6) is 0 Å². The summed E-state index contributed by atoms with van der Waals surface area (Å²) in [6.07, 6.45) is 6.45. The third-order valence-electron chi connectivity index (χ3n) is 3.16. The summed E-state index contributed by atoms with van der Waals surface area (Å²) in [5, 5.41) is 0. The van der Waals surface area contributed by atoms with E-state index in [0.29, 0.717) is 33.9 Å². The predicted octanol–water partition coefficient (Wildman–Crippen LogP) is 4.84. The van der Waals surface area contributed by atoms with Crippen LogP contribution in [-0.4, -0.2) is 33.0 Å². The van der Waals surface area contributed by atoms with Gasteiger partial charge in [0.2, 0.25) is 0 Å². The summed E-state index contributed by atoms with van der Waals surface area (Å²) in [7, 11) is 0. The van der Waals surface area contributed by atoms with Gasteiger partial charge in [-0.05, 0) is 25.7 Å². The number of hydrogen-bond donors (Lipinski definition) is 0. The highest BCUT2D eigenvalue weighted by Crippen LogP contribution is 2.10. The maximum Gasteiger partial charge on any atom is 0.305 e. The van der Waals surface area contributed by atoms with Crippen molar-refractivity contribution in [3.8, 4) is 0 Å². The van der Waals surface area contributed by atoms with Gasteiger partial charge in [0, 0.05) is 20.7 Å². The van der Waals surface area contributed by atoms with Gasteiger partial charge in [0.1, 0.15) is 6.61 Å². The van der Waals surface area contributed by atoms with E-state index in [-0.39, 0.29) is 11.9 Å². The summed E-state index contributed by atoms with van der Waals surface area (Å²) >= 11 is 4.61. The van der Waals surface area contributed by atoms with Gasteiger partial charge in [-0.3, -0.25) is 9.59 Å². The van der Waals surface area contributed by atoms with Crippen LogP contribution in [0.2, 0.25) is 0 Å². The molecule has 0 N–H and O–H groups in total. The number of rotatable bonds is 13. The van der Waals surface area contributed by atoms with Crippen LogP contribution in [0.25, 0.3) is 0 Å². The number of carbonyl (C=O) groups is 2. The molecule has 0 aromatic heterocycles. The minimum absolute atomic E-state index is 0.107. The number of hydrogen-bond acceptors (Lipinski definition) is 4. The van der Waals surface area contributed by atoms with Crippen LogP contribution in [0.3, 0.4) is 0 Å². The Hall–Kier alpha value is 0.400. The summed E-state index contributed by atoms with van der Waals surface area (Å²) in [5.74, 6) is -0.216. The van der Waals surface area contributed by atoms with E-state index in [4.69, 9.17) is 9.47 Å². The highest BCUT2D eigenvalue weighted by molar-refractivity contribution is 14.1. The van der Waals surface area contributed by atoms with Crippen molar-refractivity contribution in [1.29, 1.82) is 0 Å². The minimum Gasteiger partial charge on any atom is -0.466 e. The van der Waals surface area contributed by atoms with Gasteiger partial charge in [-0.25, -0.2) is 0 Å². The van der Waals surface area contributed by atoms with Crippen LogP contribution in [0.4, 0.5) is 0 Å². The molecule has 0 rings (SSSR count). The van der Waals surface area contributed by atoms with Crippen molar-refractivity contribution in [3.05, 3.63) is 0 Å². The number of esters is 2. The highest BCUT2D eigenvalue weighted by atomic mass is 127. The number of alkyl halides is 2. The molecule has 2 atom stereocenters. The molecule has 0 fully saturated rings. The molecule has 4 nitrogen and oxygen atoms in total. The van der Waals surface area contributed by atoms with Crippen molar-refractivity contribution < 1.29 is 19.1 Å². The molecule has 2 unspecified atom stereocenters. The van der Waals surface area contributed by atoms with E-state index in [1.165, 1.54) is 0 Å². The van der Waals surface area contributed by atoms with E-state index in [1.54, 1.807) is 0 Å². The molecule has 0 aromatic rings. The van der Waals surface area contributed by atoms with Gasteiger partial charge in [0.25, 0.3) is 0 Å². The zero-order valence-electron chi connectivity index (χ0n) is 13.6. The van der Waals surface area contributed by atoms with Crippen LogP contribution >= 0.6 is 45.2 Å². The summed E-state index contributed by atoms with van der Waals surface area (Å²) in [4.78, 5) is 22.9. The molecule has 0 aromatic carbocycles. The number of carbonyl (C=O) groups excluding carboxylic acids is 2. The SMILES string of the molecule is CCC(I)COC(=O)CCCCCCC(=O)OCCC(C)I. The zero-order valence-corrected chi connectivity index (χ0v) is 17.9. The first-order chi connectivity index (χ1) is 10.5. The first-order valence-corrected chi connectivity index (χ1v) is 10.5. The smallest absolute Gasteiger partial charge is 0.305 e. The normalized spacial score (nSPS) is 13.5. The summed E-state index contributed by atoms with van der Waals surface area (Å²) in [6, 6.07) is 0. The van der Waals surface area contributed by atoms with E-state index in [9.17, 15) is 9.59 Å². The van der Waals surface area contributed by atoms with Crippen molar-refractivity contribution >= 4 is 57.1 Å². The molecule has 0 radical (unpaired) electrons. The van der Waals surface area contributed by atoms with Gasteiger partial charge < -0.3 is 9.47 Å². The maximum atomic E-state index is 11.5. The molecule has 6 heteroatoms. The van der Waals surface area contributed by atoms with E-state index >= 15 is 0 Å². The number of ether oxygens (including phenoxy) is 2. The fraction of sp³-hybridized carbons (Fsp3) is 0.875. The van der Waals surface area contributed by atoms with Crippen molar-refractivity contribution in [2.24, 2.45) is 0 Å². The fourth-order valence-corrected chi connectivity index (χ4v) is 2.11. The Morgan fingerprint density at radius 3 is 2.00 bits per heavy atom. The number of unbranched alkanes of at least 4 members (excludes halogenated alkanes) is 3. The van der Waals surface area contributed by atoms with Crippen LogP contribution < -0.4 is 0 Å². The second kappa shape index (κ2) is 15.0. The Bertz CT molecular complexity index is 309. The van der Waals surface area contributed by atoms with Gasteiger partial charge in [0.05, 0.1) is 6.61 Å². The molecular formula is C16H28I2O4. The average Bonchev–Trinajstić information content (AvgIpc) is 2.47. The summed E-state index contributed by atoms with van der Waals surface area (Å²) in [6.45, 7) is 5.21. The monoisotopic (exact) mass is 538 g/mol. The first kappa shape index (κ1) is 22.4. The zero-order chi connectivity index (χ0) is 16.8. The van der Waals surface area contributed by atoms with Crippen LogP contribution in [0.1, 0.15) is 65.2 Å². The fourth-order valence-electron chi connectivity index (χ4n) is 1.67. The van der Waals surface area contributed by atoms with Gasteiger partial charge in [-0.2, -0.15) is 0 Å². The van der Waals surface area contributed by atoms with E-state index in [0.717, 1.165) is 38.5 Å². The average molecular weight is 538 g/mol. The van der Waals surface area contributed by atoms with Crippen molar-refractivity contribution in [2.75, 3.05) is 13.2 Å². The third kappa shape index (κ3) is 15.3. The molecule has 0 amide bonds. The lowest BCUT2D eigenvalue weighted by Gasteiger charge is -2.08. The lowest BCUT2D eigenvalue weighted by Crippen LogP contribution is -2.12. The minimum atomic E-state index is -0.109. The Kier molecular flexibility index (Phi) is 15.2. The Morgan fingerprint density at radius 2 is 1.50 bits per heavy atom. The second-order valence-corrected chi connectivity index (χ2v) is 9.28. The van der Waals surface area contributed by atoms with Gasteiger partial charge in [0.15, 0.2) is 0 Å². The third-order valence-corrected chi connectivity index (χ3v) is 5.02. The van der Waals surface area contributed by atoms with Crippen molar-refractivity contribution in [2.45, 2.75) is 73.1 Å². The summed E-state index contributed by atoms with van der Waals surface area (Å²) < 4.78 is 11.3. The standard InChI is InChI=1S/C16H28I2O4/c1-3-14(18)12-22-16(20)9-7-5-4-6-8-15(19)21-11-10-13(2)17/h13-14H,3-12H2,1-2H3. The molecule has 0 heterocycles. The molecule has 0 saturated heterocycles. The molecule has 0 spiro atoms.